The number of carbonyl (C=O) groups is 2. The first-order chi connectivity index (χ1) is 18.0. The highest BCUT2D eigenvalue weighted by Gasteiger charge is 2.17. The van der Waals surface area contributed by atoms with E-state index in [2.05, 4.69) is 20.8 Å². The van der Waals surface area contributed by atoms with Gasteiger partial charge in [-0.2, -0.15) is 0 Å². The zero-order valence-corrected chi connectivity index (χ0v) is 21.5. The van der Waals surface area contributed by atoms with Crippen LogP contribution in [0.25, 0.3) is 5.69 Å². The third kappa shape index (κ3) is 6.68. The van der Waals surface area contributed by atoms with Crippen LogP contribution < -0.4 is 20.1 Å². The lowest BCUT2D eigenvalue weighted by atomic mass is 10.2. The predicted molar refractivity (Wildman–Crippen MR) is 143 cm³/mol. The molecule has 10 heteroatoms. The van der Waals surface area contributed by atoms with Gasteiger partial charge in [-0.15, -0.1) is 10.2 Å². The molecule has 0 aliphatic rings. The Balaban J connectivity index is 1.49. The van der Waals surface area contributed by atoms with Gasteiger partial charge in [0, 0.05) is 16.9 Å². The second kappa shape index (κ2) is 12.1. The van der Waals surface area contributed by atoms with Crippen molar-refractivity contribution in [3.8, 4) is 17.2 Å². The smallest absolute Gasteiger partial charge is 0.251 e. The van der Waals surface area contributed by atoms with E-state index in [0.29, 0.717) is 33.7 Å². The lowest BCUT2D eigenvalue weighted by Crippen LogP contribution is -2.24. The van der Waals surface area contributed by atoms with Gasteiger partial charge in [0.05, 0.1) is 26.5 Å². The summed E-state index contributed by atoms with van der Waals surface area (Å²) >= 11 is 1.26. The quantitative estimate of drug-likeness (QED) is 0.303. The van der Waals surface area contributed by atoms with Crippen LogP contribution in [-0.4, -0.2) is 46.6 Å². The molecule has 1 heterocycles. The number of amides is 2. The third-order valence-corrected chi connectivity index (χ3v) is 6.33. The molecule has 0 saturated heterocycles. The zero-order chi connectivity index (χ0) is 26.2. The number of aryl methyl sites for hydroxylation is 1. The Labute approximate surface area is 219 Å². The van der Waals surface area contributed by atoms with Gasteiger partial charge in [-0.05, 0) is 67.1 Å². The van der Waals surface area contributed by atoms with Crippen LogP contribution in [0.3, 0.4) is 0 Å². The van der Waals surface area contributed by atoms with Crippen LogP contribution in [0.5, 0.6) is 11.5 Å². The number of carbonyl (C=O) groups excluding carboxylic acids is 2. The summed E-state index contributed by atoms with van der Waals surface area (Å²) in [5.74, 6) is 1.55. The van der Waals surface area contributed by atoms with Gasteiger partial charge < -0.3 is 20.1 Å². The number of hydrogen-bond acceptors (Lipinski definition) is 7. The predicted octanol–water partition coefficient (Wildman–Crippen LogP) is 4.25. The van der Waals surface area contributed by atoms with Gasteiger partial charge in [-0.25, -0.2) is 0 Å². The van der Waals surface area contributed by atoms with E-state index in [1.165, 1.54) is 11.8 Å². The highest BCUT2D eigenvalue weighted by Crippen LogP contribution is 2.24. The minimum Gasteiger partial charge on any atom is -0.497 e. The van der Waals surface area contributed by atoms with Crippen LogP contribution in [-0.2, 0) is 11.3 Å². The first kappa shape index (κ1) is 25.8. The number of benzene rings is 3. The van der Waals surface area contributed by atoms with Gasteiger partial charge in [0.1, 0.15) is 11.5 Å². The molecular weight excluding hydrogens is 490 g/mol. The van der Waals surface area contributed by atoms with Crippen LogP contribution in [0.4, 0.5) is 5.69 Å². The van der Waals surface area contributed by atoms with Crippen molar-refractivity contribution in [3.05, 3.63) is 89.7 Å². The first-order valence-corrected chi connectivity index (χ1v) is 12.5. The van der Waals surface area contributed by atoms with Crippen LogP contribution >= 0.6 is 11.8 Å². The van der Waals surface area contributed by atoms with Crippen LogP contribution in [0, 0.1) is 6.92 Å². The molecule has 0 aliphatic heterocycles. The van der Waals surface area contributed by atoms with Crippen LogP contribution in [0.2, 0.25) is 0 Å². The van der Waals surface area contributed by atoms with Gasteiger partial charge in [0.2, 0.25) is 5.91 Å². The van der Waals surface area contributed by atoms with E-state index in [1.54, 1.807) is 62.8 Å². The minimum atomic E-state index is -0.259. The fourth-order valence-corrected chi connectivity index (χ4v) is 4.33. The summed E-state index contributed by atoms with van der Waals surface area (Å²) < 4.78 is 12.2. The second-order valence-electron chi connectivity index (χ2n) is 8.05. The van der Waals surface area contributed by atoms with Crippen LogP contribution in [0.1, 0.15) is 21.7 Å². The van der Waals surface area contributed by atoms with Gasteiger partial charge >= 0.3 is 0 Å². The maximum atomic E-state index is 12.7. The van der Waals surface area contributed by atoms with Crippen molar-refractivity contribution in [3.63, 3.8) is 0 Å². The van der Waals surface area contributed by atoms with Crippen molar-refractivity contribution in [1.82, 2.24) is 20.1 Å². The SMILES string of the molecule is COc1ccc(NC(=O)CSc2nnc(CNC(=O)c3cccc(OC)c3)n2-c2cccc(C)c2)cc1. The Morgan fingerprint density at radius 1 is 0.919 bits per heavy atom. The lowest BCUT2D eigenvalue weighted by molar-refractivity contribution is -0.113. The first-order valence-electron chi connectivity index (χ1n) is 11.5. The highest BCUT2D eigenvalue weighted by molar-refractivity contribution is 7.99. The van der Waals surface area contributed by atoms with Gasteiger partial charge in [0.25, 0.3) is 5.91 Å². The van der Waals surface area contributed by atoms with E-state index in [0.717, 1.165) is 11.3 Å². The summed E-state index contributed by atoms with van der Waals surface area (Å²) in [6.45, 7) is 2.14. The van der Waals surface area contributed by atoms with Crippen molar-refractivity contribution < 1.29 is 19.1 Å². The third-order valence-electron chi connectivity index (χ3n) is 5.41. The Kier molecular flexibility index (Phi) is 8.42. The summed E-state index contributed by atoms with van der Waals surface area (Å²) in [4.78, 5) is 25.3. The zero-order valence-electron chi connectivity index (χ0n) is 20.7. The number of aromatic nitrogens is 3. The summed E-state index contributed by atoms with van der Waals surface area (Å²) in [5, 5.41) is 14.9. The summed E-state index contributed by atoms with van der Waals surface area (Å²) in [6, 6.07) is 21.9. The Bertz CT molecular complexity index is 1390. The monoisotopic (exact) mass is 517 g/mol. The Morgan fingerprint density at radius 3 is 2.41 bits per heavy atom. The van der Waals surface area contributed by atoms with Gasteiger partial charge in [-0.3, -0.25) is 14.2 Å². The average Bonchev–Trinajstić information content (AvgIpc) is 3.33. The number of thioether (sulfide) groups is 1. The molecule has 37 heavy (non-hydrogen) atoms. The lowest BCUT2D eigenvalue weighted by Gasteiger charge is -2.12. The van der Waals surface area contributed by atoms with Gasteiger partial charge in [-0.1, -0.05) is 30.0 Å². The van der Waals surface area contributed by atoms with E-state index in [1.807, 2.05) is 35.8 Å². The van der Waals surface area contributed by atoms with E-state index >= 15 is 0 Å². The molecule has 0 unspecified atom stereocenters. The van der Waals surface area contributed by atoms with E-state index in [-0.39, 0.29) is 24.1 Å². The molecule has 0 bridgehead atoms. The molecule has 4 rings (SSSR count). The summed E-state index contributed by atoms with van der Waals surface area (Å²) in [7, 11) is 3.14. The molecule has 3 aromatic carbocycles. The Hall–Kier alpha value is -4.31. The molecule has 4 aromatic rings. The van der Waals surface area contributed by atoms with E-state index < -0.39 is 0 Å². The fraction of sp³-hybridized carbons (Fsp3) is 0.185. The van der Waals surface area contributed by atoms with Crippen molar-refractivity contribution in [2.24, 2.45) is 0 Å². The molecule has 0 saturated carbocycles. The number of rotatable bonds is 10. The van der Waals surface area contributed by atoms with Crippen molar-refractivity contribution in [1.29, 1.82) is 0 Å². The topological polar surface area (TPSA) is 107 Å². The number of anilines is 1. The molecule has 2 amide bonds. The molecule has 190 valence electrons. The Morgan fingerprint density at radius 2 is 1.68 bits per heavy atom. The van der Waals surface area contributed by atoms with Crippen LogP contribution in [0.15, 0.2) is 78.0 Å². The normalized spacial score (nSPS) is 10.6. The fourth-order valence-electron chi connectivity index (χ4n) is 3.56. The molecule has 9 nitrogen and oxygen atoms in total. The number of nitrogens with zero attached hydrogens (tertiary/aromatic N) is 3. The maximum Gasteiger partial charge on any atom is 0.251 e. The van der Waals surface area contributed by atoms with Crippen molar-refractivity contribution in [2.45, 2.75) is 18.6 Å². The number of nitrogens with one attached hydrogen (secondary N) is 2. The average molecular weight is 518 g/mol. The summed E-state index contributed by atoms with van der Waals surface area (Å²) in [5.41, 5.74) is 3.05. The second-order valence-corrected chi connectivity index (χ2v) is 9.00. The molecule has 0 atom stereocenters. The standard InChI is InChI=1S/C27H27N5O4S/c1-18-6-4-8-21(14-18)32-24(16-28-26(34)19-7-5-9-23(15-19)36-3)30-31-27(32)37-17-25(33)29-20-10-12-22(35-2)13-11-20/h4-15H,16-17H2,1-3H3,(H,28,34)(H,29,33). The molecule has 2 N–H and O–H groups in total. The van der Waals surface area contributed by atoms with E-state index in [4.69, 9.17) is 9.47 Å². The van der Waals surface area contributed by atoms with E-state index in [9.17, 15) is 9.59 Å². The number of hydrogen-bond donors (Lipinski definition) is 2. The minimum absolute atomic E-state index is 0.131. The molecular formula is C27H27N5O4S. The number of ether oxygens (including phenoxy) is 2. The number of methoxy groups -OCH3 is 2. The maximum absolute atomic E-state index is 12.7. The summed E-state index contributed by atoms with van der Waals surface area (Å²) in [6.07, 6.45) is 0. The molecule has 0 aliphatic carbocycles. The van der Waals surface area contributed by atoms with Crippen molar-refractivity contribution in [2.75, 3.05) is 25.3 Å². The molecule has 0 radical (unpaired) electrons. The van der Waals surface area contributed by atoms with Gasteiger partial charge in [0.15, 0.2) is 11.0 Å². The largest absolute Gasteiger partial charge is 0.497 e. The van der Waals surface area contributed by atoms with Crippen molar-refractivity contribution >= 4 is 29.3 Å². The molecule has 0 fully saturated rings. The molecule has 0 spiro atoms. The highest BCUT2D eigenvalue weighted by atomic mass is 32.2. The molecule has 1 aromatic heterocycles.